The molecule has 0 amide bonds. The first-order valence-corrected chi connectivity index (χ1v) is 10.2. The fraction of sp³-hybridized carbons (Fsp3) is 0.333. The van der Waals surface area contributed by atoms with Gasteiger partial charge in [0.15, 0.2) is 0 Å². The molecule has 0 bridgehead atoms. The van der Waals surface area contributed by atoms with E-state index in [-0.39, 0.29) is 13.0 Å². The number of aliphatic hydroxyl groups is 1. The normalized spacial score (nSPS) is 14.0. The molecule has 0 saturated heterocycles. The highest BCUT2D eigenvalue weighted by Crippen LogP contribution is 2.13. The fourth-order valence-corrected chi connectivity index (χ4v) is 3.17. The van der Waals surface area contributed by atoms with Crippen LogP contribution in [0.5, 0.6) is 0 Å². The van der Waals surface area contributed by atoms with Gasteiger partial charge in [0, 0.05) is 30.9 Å². The predicted octanol–water partition coefficient (Wildman–Crippen LogP) is 1.36. The number of rotatable bonds is 9. The Labute approximate surface area is 157 Å². The minimum Gasteiger partial charge on any atom is -0.390 e. The molecule has 0 spiro atoms. The molecule has 0 heterocycles. The summed E-state index contributed by atoms with van der Waals surface area (Å²) >= 11 is 0. The second-order valence-corrected chi connectivity index (χ2v) is 8.17. The Balaban J connectivity index is 1.84. The van der Waals surface area contributed by atoms with Crippen LogP contribution < -0.4 is 15.8 Å². The van der Waals surface area contributed by atoms with Crippen molar-refractivity contribution in [2.75, 3.05) is 17.5 Å². The van der Waals surface area contributed by atoms with Gasteiger partial charge in [0.2, 0.25) is 10.0 Å². The summed E-state index contributed by atoms with van der Waals surface area (Å²) in [5.74, 6) is -1.38. The molecule has 6 nitrogen and oxygen atoms in total. The maximum atomic E-state index is 13.2. The van der Waals surface area contributed by atoms with Crippen LogP contribution >= 0.6 is 0 Å². The summed E-state index contributed by atoms with van der Waals surface area (Å²) in [6.07, 6.45) is 0.277. The van der Waals surface area contributed by atoms with Gasteiger partial charge in [-0.2, -0.15) is 0 Å². The first kappa shape index (κ1) is 21.2. The van der Waals surface area contributed by atoms with Gasteiger partial charge < -0.3 is 16.2 Å². The molecular weight excluding hydrogens is 376 g/mol. The zero-order chi connectivity index (χ0) is 20.0. The molecule has 0 unspecified atom stereocenters. The van der Waals surface area contributed by atoms with E-state index in [4.69, 9.17) is 5.73 Å². The Hall–Kier alpha value is -2.07. The summed E-state index contributed by atoms with van der Waals surface area (Å²) in [5, 5.41) is 13.2. The van der Waals surface area contributed by atoms with Gasteiger partial charge >= 0.3 is 0 Å². The maximum absolute atomic E-state index is 13.2. The lowest BCUT2D eigenvalue weighted by atomic mass is 10.0. The molecule has 0 fully saturated rings. The van der Waals surface area contributed by atoms with Crippen molar-refractivity contribution in [1.29, 1.82) is 0 Å². The molecule has 2 aromatic rings. The molecule has 0 radical (unpaired) electrons. The number of nitrogens with one attached hydrogen (secondary N) is 2. The molecule has 27 heavy (non-hydrogen) atoms. The first-order valence-electron chi connectivity index (χ1n) is 8.28. The third-order valence-electron chi connectivity index (χ3n) is 3.80. The van der Waals surface area contributed by atoms with Gasteiger partial charge in [0.05, 0.1) is 12.4 Å². The molecule has 2 atom stereocenters. The molecule has 0 aliphatic carbocycles. The molecule has 2 aromatic carbocycles. The lowest BCUT2D eigenvalue weighted by Crippen LogP contribution is -2.43. The zero-order valence-corrected chi connectivity index (χ0v) is 15.6. The number of aliphatic hydroxyl groups excluding tert-OH is 1. The van der Waals surface area contributed by atoms with Crippen molar-refractivity contribution in [3.8, 4) is 0 Å². The third-order valence-corrected chi connectivity index (χ3v) is 4.41. The SMILES string of the molecule is CS(=O)(=O)Nc1cccc(CNC[C@@H](O)[C@@H](N)Cc2cc(F)cc(F)c2)c1. The van der Waals surface area contributed by atoms with E-state index < -0.39 is 33.8 Å². The van der Waals surface area contributed by atoms with Crippen LogP contribution in [0.15, 0.2) is 42.5 Å². The Bertz CT molecular complexity index is 858. The molecule has 5 N–H and O–H groups in total. The maximum Gasteiger partial charge on any atom is 0.229 e. The Morgan fingerprint density at radius 1 is 1.11 bits per heavy atom. The van der Waals surface area contributed by atoms with Crippen molar-refractivity contribution < 1.29 is 22.3 Å². The molecule has 0 aromatic heterocycles. The second kappa shape index (κ2) is 9.23. The van der Waals surface area contributed by atoms with E-state index in [1.54, 1.807) is 18.2 Å². The van der Waals surface area contributed by atoms with Crippen LogP contribution in [0.3, 0.4) is 0 Å². The van der Waals surface area contributed by atoms with Crippen LogP contribution in [-0.4, -0.2) is 38.5 Å². The van der Waals surface area contributed by atoms with E-state index in [9.17, 15) is 22.3 Å². The molecule has 9 heteroatoms. The lowest BCUT2D eigenvalue weighted by Gasteiger charge is -2.19. The molecular formula is C18H23F2N3O3S. The number of benzene rings is 2. The summed E-state index contributed by atoms with van der Waals surface area (Å²) in [6, 6.07) is 9.28. The van der Waals surface area contributed by atoms with Crippen LogP contribution in [0.4, 0.5) is 14.5 Å². The number of anilines is 1. The predicted molar refractivity (Wildman–Crippen MR) is 101 cm³/mol. The van der Waals surface area contributed by atoms with Crippen LogP contribution in [0, 0.1) is 11.6 Å². The van der Waals surface area contributed by atoms with Crippen molar-refractivity contribution in [2.45, 2.75) is 25.1 Å². The van der Waals surface area contributed by atoms with Gasteiger partial charge in [-0.15, -0.1) is 0 Å². The van der Waals surface area contributed by atoms with E-state index in [0.717, 1.165) is 17.9 Å². The number of hydrogen-bond acceptors (Lipinski definition) is 5. The van der Waals surface area contributed by atoms with Gasteiger partial charge in [0.1, 0.15) is 11.6 Å². The van der Waals surface area contributed by atoms with Crippen molar-refractivity contribution in [2.24, 2.45) is 5.73 Å². The first-order chi connectivity index (χ1) is 12.6. The van der Waals surface area contributed by atoms with Crippen LogP contribution in [0.2, 0.25) is 0 Å². The van der Waals surface area contributed by atoms with Gasteiger partial charge in [-0.1, -0.05) is 12.1 Å². The quantitative estimate of drug-likeness (QED) is 0.510. The molecule has 0 aliphatic heterocycles. The van der Waals surface area contributed by atoms with E-state index >= 15 is 0 Å². The van der Waals surface area contributed by atoms with Gasteiger partial charge in [-0.25, -0.2) is 17.2 Å². The summed E-state index contributed by atoms with van der Waals surface area (Å²) in [7, 11) is -3.36. The fourth-order valence-electron chi connectivity index (χ4n) is 2.61. The van der Waals surface area contributed by atoms with Crippen LogP contribution in [0.25, 0.3) is 0 Å². The highest BCUT2D eigenvalue weighted by molar-refractivity contribution is 7.92. The molecule has 2 rings (SSSR count). The highest BCUT2D eigenvalue weighted by Gasteiger charge is 2.16. The summed E-state index contributed by atoms with van der Waals surface area (Å²) in [5.41, 5.74) is 7.55. The van der Waals surface area contributed by atoms with Crippen LogP contribution in [-0.2, 0) is 23.0 Å². The Morgan fingerprint density at radius 3 is 2.41 bits per heavy atom. The monoisotopic (exact) mass is 399 g/mol. The van der Waals surface area contributed by atoms with Gasteiger partial charge in [-0.05, 0) is 41.8 Å². The summed E-state index contributed by atoms with van der Waals surface area (Å²) < 4.78 is 51.3. The van der Waals surface area contributed by atoms with E-state index in [0.29, 0.717) is 17.8 Å². The van der Waals surface area contributed by atoms with E-state index in [1.807, 2.05) is 6.07 Å². The van der Waals surface area contributed by atoms with Crippen molar-refractivity contribution in [3.05, 3.63) is 65.2 Å². The second-order valence-electron chi connectivity index (χ2n) is 6.42. The van der Waals surface area contributed by atoms with Crippen molar-refractivity contribution >= 4 is 15.7 Å². The largest absolute Gasteiger partial charge is 0.390 e. The zero-order valence-electron chi connectivity index (χ0n) is 14.8. The summed E-state index contributed by atoms with van der Waals surface area (Å²) in [4.78, 5) is 0. The Morgan fingerprint density at radius 2 is 1.78 bits per heavy atom. The average molecular weight is 399 g/mol. The highest BCUT2D eigenvalue weighted by atomic mass is 32.2. The van der Waals surface area contributed by atoms with Crippen molar-refractivity contribution in [1.82, 2.24) is 5.32 Å². The topological polar surface area (TPSA) is 104 Å². The number of halogens is 2. The van der Waals surface area contributed by atoms with Gasteiger partial charge in [-0.3, -0.25) is 4.72 Å². The number of nitrogens with two attached hydrogens (primary N) is 1. The standard InChI is InChI=1S/C18H23F2N3O3S/c1-27(25,26)23-16-4-2-3-12(7-16)10-22-11-18(24)17(21)8-13-5-14(19)9-15(20)6-13/h2-7,9,17-18,22-24H,8,10-11,21H2,1H3/t17-,18+/m0/s1. The van der Waals surface area contributed by atoms with Crippen LogP contribution in [0.1, 0.15) is 11.1 Å². The molecule has 0 saturated carbocycles. The summed E-state index contributed by atoms with van der Waals surface area (Å²) in [6.45, 7) is 0.556. The van der Waals surface area contributed by atoms with Crippen molar-refractivity contribution in [3.63, 3.8) is 0 Å². The minimum absolute atomic E-state index is 0.130. The van der Waals surface area contributed by atoms with Gasteiger partial charge in [0.25, 0.3) is 0 Å². The van der Waals surface area contributed by atoms with E-state index in [2.05, 4.69) is 10.0 Å². The average Bonchev–Trinajstić information content (AvgIpc) is 2.52. The minimum atomic E-state index is -3.36. The Kier molecular flexibility index (Phi) is 7.25. The molecule has 148 valence electrons. The van der Waals surface area contributed by atoms with E-state index in [1.165, 1.54) is 12.1 Å². The lowest BCUT2D eigenvalue weighted by molar-refractivity contribution is 0.141. The number of hydrogen-bond donors (Lipinski definition) is 4. The number of sulfonamides is 1. The third kappa shape index (κ3) is 7.59. The molecule has 0 aliphatic rings. The smallest absolute Gasteiger partial charge is 0.229 e.